The Morgan fingerprint density at radius 3 is 2.41 bits per heavy atom. The van der Waals surface area contributed by atoms with E-state index >= 15 is 0 Å². The van der Waals surface area contributed by atoms with Crippen LogP contribution in [0.2, 0.25) is 0 Å². The summed E-state index contributed by atoms with van der Waals surface area (Å²) in [5, 5.41) is 0. The molecule has 1 aliphatic heterocycles. The molecule has 2 atom stereocenters. The maximum atomic E-state index is 13.1. The van der Waals surface area contributed by atoms with Crippen LogP contribution in [0.4, 0.5) is 0 Å². The summed E-state index contributed by atoms with van der Waals surface area (Å²) in [6.45, 7) is 3.22. The molecule has 1 aliphatic carbocycles. The summed E-state index contributed by atoms with van der Waals surface area (Å²) < 4.78 is 35.7. The molecule has 2 N–H and O–H groups in total. The van der Waals surface area contributed by atoms with Gasteiger partial charge in [0.25, 0.3) is 0 Å². The minimum absolute atomic E-state index is 0.0794. The number of carbonyl (C=O) groups is 1. The highest BCUT2D eigenvalue weighted by Crippen LogP contribution is 2.35. The van der Waals surface area contributed by atoms with E-state index in [-0.39, 0.29) is 31.0 Å². The first kappa shape index (κ1) is 19.9. The second kappa shape index (κ2) is 8.02. The standard InChI is InChI=1S/C20H27NO5S/c1-15-4-2-3-5-16(15)14-26-17-6-8-18(9-7-17)27(23,24)20(19(21)22)10-12-25-13-11-20/h2-3,6-9,15-16H,4-5,10-14H2,1H3,(H2,21,22). The van der Waals surface area contributed by atoms with Gasteiger partial charge >= 0.3 is 0 Å². The molecule has 0 radical (unpaired) electrons. The van der Waals surface area contributed by atoms with Gasteiger partial charge in [0.1, 0.15) is 5.75 Å². The van der Waals surface area contributed by atoms with Crippen molar-refractivity contribution in [2.75, 3.05) is 19.8 Å². The van der Waals surface area contributed by atoms with Crippen LogP contribution in [0.1, 0.15) is 32.6 Å². The Morgan fingerprint density at radius 1 is 1.19 bits per heavy atom. The molecule has 0 saturated carbocycles. The van der Waals surface area contributed by atoms with Crippen molar-refractivity contribution in [3.05, 3.63) is 36.4 Å². The van der Waals surface area contributed by atoms with Crippen molar-refractivity contribution < 1.29 is 22.7 Å². The second-order valence-electron chi connectivity index (χ2n) is 7.44. The van der Waals surface area contributed by atoms with Gasteiger partial charge in [-0.1, -0.05) is 19.1 Å². The molecule has 27 heavy (non-hydrogen) atoms. The van der Waals surface area contributed by atoms with Crippen LogP contribution in [0.3, 0.4) is 0 Å². The van der Waals surface area contributed by atoms with Gasteiger partial charge < -0.3 is 15.2 Å². The van der Waals surface area contributed by atoms with Gasteiger partial charge in [0, 0.05) is 13.2 Å². The van der Waals surface area contributed by atoms with E-state index < -0.39 is 20.5 Å². The fourth-order valence-electron chi connectivity index (χ4n) is 3.73. The molecular weight excluding hydrogens is 366 g/mol. The van der Waals surface area contributed by atoms with E-state index in [1.807, 2.05) is 0 Å². The Kier molecular flexibility index (Phi) is 5.91. The van der Waals surface area contributed by atoms with E-state index in [0.29, 0.717) is 24.2 Å². The zero-order chi connectivity index (χ0) is 19.5. The van der Waals surface area contributed by atoms with Crippen LogP contribution in [0.15, 0.2) is 41.3 Å². The van der Waals surface area contributed by atoms with Crippen LogP contribution in [0.25, 0.3) is 0 Å². The molecule has 1 aromatic rings. The highest BCUT2D eigenvalue weighted by Gasteiger charge is 2.51. The zero-order valence-corrected chi connectivity index (χ0v) is 16.4. The fraction of sp³-hybridized carbons (Fsp3) is 0.550. The lowest BCUT2D eigenvalue weighted by Gasteiger charge is -2.33. The van der Waals surface area contributed by atoms with Crippen LogP contribution < -0.4 is 10.5 Å². The third-order valence-corrected chi connectivity index (χ3v) is 8.31. The van der Waals surface area contributed by atoms with Gasteiger partial charge in [0.05, 0.1) is 11.5 Å². The van der Waals surface area contributed by atoms with Gasteiger partial charge in [0.2, 0.25) is 5.91 Å². The fourth-order valence-corrected chi connectivity index (χ4v) is 5.65. The minimum atomic E-state index is -3.90. The number of benzene rings is 1. The molecule has 1 fully saturated rings. The number of allylic oxidation sites excluding steroid dienone is 2. The molecule has 6 nitrogen and oxygen atoms in total. The number of sulfone groups is 1. The highest BCUT2D eigenvalue weighted by atomic mass is 32.2. The number of primary amides is 1. The normalized spacial score (nSPS) is 25.1. The predicted octanol–water partition coefficient (Wildman–Crippen LogP) is 2.48. The molecule has 1 heterocycles. The molecule has 1 aromatic carbocycles. The summed E-state index contributed by atoms with van der Waals surface area (Å²) in [7, 11) is -3.90. The lowest BCUT2D eigenvalue weighted by molar-refractivity contribution is -0.122. The van der Waals surface area contributed by atoms with Gasteiger partial charge in [-0.3, -0.25) is 4.79 Å². The smallest absolute Gasteiger partial charge is 0.239 e. The van der Waals surface area contributed by atoms with Crippen molar-refractivity contribution in [1.82, 2.24) is 0 Å². The summed E-state index contributed by atoms with van der Waals surface area (Å²) in [6, 6.07) is 6.28. The minimum Gasteiger partial charge on any atom is -0.493 e. The zero-order valence-electron chi connectivity index (χ0n) is 15.6. The van der Waals surface area contributed by atoms with Crippen LogP contribution in [0, 0.1) is 11.8 Å². The largest absolute Gasteiger partial charge is 0.493 e. The van der Waals surface area contributed by atoms with Gasteiger partial charge in [0.15, 0.2) is 14.6 Å². The topological polar surface area (TPSA) is 95.7 Å². The van der Waals surface area contributed by atoms with Crippen LogP contribution in [-0.4, -0.2) is 38.9 Å². The van der Waals surface area contributed by atoms with Crippen LogP contribution in [0.5, 0.6) is 5.75 Å². The van der Waals surface area contributed by atoms with Crippen molar-refractivity contribution in [1.29, 1.82) is 0 Å². The maximum absolute atomic E-state index is 13.1. The van der Waals surface area contributed by atoms with E-state index in [1.54, 1.807) is 12.1 Å². The average molecular weight is 394 g/mol. The Morgan fingerprint density at radius 2 is 1.81 bits per heavy atom. The van der Waals surface area contributed by atoms with E-state index in [1.165, 1.54) is 12.1 Å². The number of ether oxygens (including phenoxy) is 2. The third kappa shape index (κ3) is 3.89. The number of nitrogens with two attached hydrogens (primary N) is 1. The quantitative estimate of drug-likeness (QED) is 0.749. The van der Waals surface area contributed by atoms with Crippen LogP contribution in [-0.2, 0) is 19.4 Å². The maximum Gasteiger partial charge on any atom is 0.239 e. The molecule has 2 unspecified atom stereocenters. The first-order valence-corrected chi connectivity index (χ1v) is 10.9. The van der Waals surface area contributed by atoms with Gasteiger partial charge in [-0.05, 0) is 61.8 Å². The number of hydrogen-bond donors (Lipinski definition) is 1. The van der Waals surface area contributed by atoms with Crippen molar-refractivity contribution >= 4 is 15.7 Å². The lowest BCUT2D eigenvalue weighted by atomic mass is 9.85. The third-order valence-electron chi connectivity index (χ3n) is 5.78. The molecule has 148 valence electrons. The Balaban J connectivity index is 1.74. The van der Waals surface area contributed by atoms with E-state index in [2.05, 4.69) is 19.1 Å². The van der Waals surface area contributed by atoms with E-state index in [9.17, 15) is 13.2 Å². The lowest BCUT2D eigenvalue weighted by Crippen LogP contribution is -2.53. The monoisotopic (exact) mass is 393 g/mol. The molecule has 7 heteroatoms. The Labute approximate surface area is 160 Å². The number of hydrogen-bond acceptors (Lipinski definition) is 5. The number of carbonyl (C=O) groups excluding carboxylic acids is 1. The Bertz CT molecular complexity index is 794. The molecule has 0 aromatic heterocycles. The first-order valence-electron chi connectivity index (χ1n) is 9.37. The second-order valence-corrected chi connectivity index (χ2v) is 9.70. The summed E-state index contributed by atoms with van der Waals surface area (Å²) in [5.74, 6) is 0.832. The van der Waals surface area contributed by atoms with Gasteiger partial charge in [-0.15, -0.1) is 0 Å². The number of amides is 1. The van der Waals surface area contributed by atoms with Crippen LogP contribution >= 0.6 is 0 Å². The molecule has 1 saturated heterocycles. The molecule has 3 rings (SSSR count). The summed E-state index contributed by atoms with van der Waals surface area (Å²) in [5.41, 5.74) is 5.49. The van der Waals surface area contributed by atoms with Crippen molar-refractivity contribution in [2.24, 2.45) is 17.6 Å². The number of rotatable bonds is 6. The highest BCUT2D eigenvalue weighted by molar-refractivity contribution is 7.93. The SMILES string of the molecule is CC1CC=CCC1COc1ccc(S(=O)(=O)C2(C(N)=O)CCOCC2)cc1. The molecule has 0 bridgehead atoms. The molecule has 2 aliphatic rings. The van der Waals surface area contributed by atoms with Gasteiger partial charge in [-0.25, -0.2) is 8.42 Å². The molecule has 1 amide bonds. The van der Waals surface area contributed by atoms with E-state index in [0.717, 1.165) is 12.8 Å². The first-order chi connectivity index (χ1) is 12.9. The summed E-state index contributed by atoms with van der Waals surface area (Å²) in [6.07, 6.45) is 6.60. The summed E-state index contributed by atoms with van der Waals surface area (Å²) >= 11 is 0. The molecular formula is C20H27NO5S. The van der Waals surface area contributed by atoms with Crippen molar-refractivity contribution in [2.45, 2.75) is 42.2 Å². The van der Waals surface area contributed by atoms with Crippen molar-refractivity contribution in [3.63, 3.8) is 0 Å². The average Bonchev–Trinajstić information content (AvgIpc) is 2.68. The van der Waals surface area contributed by atoms with E-state index in [4.69, 9.17) is 15.2 Å². The summed E-state index contributed by atoms with van der Waals surface area (Å²) in [4.78, 5) is 12.1. The van der Waals surface area contributed by atoms with Crippen molar-refractivity contribution in [3.8, 4) is 5.75 Å². The predicted molar refractivity (Wildman–Crippen MR) is 102 cm³/mol. The molecule has 0 spiro atoms. The van der Waals surface area contributed by atoms with Gasteiger partial charge in [-0.2, -0.15) is 0 Å². The Hall–Kier alpha value is -1.86.